The minimum Gasteiger partial charge on any atom is -0.492 e. The number of piperidine rings is 1. The van der Waals surface area contributed by atoms with E-state index in [1.807, 2.05) is 6.07 Å². The molecule has 0 saturated carbocycles. The fourth-order valence-electron chi connectivity index (χ4n) is 2.38. The van der Waals surface area contributed by atoms with Crippen molar-refractivity contribution in [2.75, 3.05) is 26.2 Å². The largest absolute Gasteiger partial charge is 0.492 e. The van der Waals surface area contributed by atoms with Crippen molar-refractivity contribution in [2.24, 2.45) is 5.73 Å². The highest BCUT2D eigenvalue weighted by atomic mass is 79.9. The van der Waals surface area contributed by atoms with Crippen LogP contribution in [-0.2, 0) is 0 Å². The van der Waals surface area contributed by atoms with Crippen molar-refractivity contribution < 1.29 is 4.74 Å². The molecule has 2 rings (SSSR count). The van der Waals surface area contributed by atoms with E-state index < -0.39 is 0 Å². The lowest BCUT2D eigenvalue weighted by atomic mass is 10.1. The molecule has 1 saturated heterocycles. The van der Waals surface area contributed by atoms with Gasteiger partial charge < -0.3 is 10.5 Å². The van der Waals surface area contributed by atoms with Gasteiger partial charge in [-0.05, 0) is 63.0 Å². The maximum absolute atomic E-state index is 5.91. The maximum atomic E-state index is 5.91. The Morgan fingerprint density at radius 1 is 1.26 bits per heavy atom. The van der Waals surface area contributed by atoms with Gasteiger partial charge in [-0.3, -0.25) is 4.90 Å². The van der Waals surface area contributed by atoms with Gasteiger partial charge in [0.25, 0.3) is 0 Å². The summed E-state index contributed by atoms with van der Waals surface area (Å²) in [7, 11) is 0. The van der Waals surface area contributed by atoms with E-state index in [0.29, 0.717) is 6.04 Å². The van der Waals surface area contributed by atoms with Crippen molar-refractivity contribution in [3.8, 4) is 5.75 Å². The first-order valence-corrected chi connectivity index (χ1v) is 7.73. The summed E-state index contributed by atoms with van der Waals surface area (Å²) in [6.07, 6.45) is 2.22. The predicted octanol–water partition coefficient (Wildman–Crippen LogP) is 2.87. The second-order valence-electron chi connectivity index (χ2n) is 5.32. The maximum Gasteiger partial charge on any atom is 0.122 e. The quantitative estimate of drug-likeness (QED) is 0.924. The Morgan fingerprint density at radius 2 is 1.95 bits per heavy atom. The van der Waals surface area contributed by atoms with Gasteiger partial charge in [0.2, 0.25) is 0 Å². The van der Waals surface area contributed by atoms with E-state index in [1.165, 1.54) is 11.1 Å². The molecule has 4 heteroatoms. The first-order chi connectivity index (χ1) is 9.08. The van der Waals surface area contributed by atoms with E-state index in [-0.39, 0.29) is 0 Å². The molecule has 0 spiro atoms. The number of benzene rings is 1. The molecule has 0 atom stereocenters. The topological polar surface area (TPSA) is 38.5 Å². The number of nitrogens with two attached hydrogens (primary N) is 1. The van der Waals surface area contributed by atoms with Gasteiger partial charge in [0.05, 0.1) is 0 Å². The molecule has 106 valence electrons. The van der Waals surface area contributed by atoms with Crippen molar-refractivity contribution in [1.29, 1.82) is 0 Å². The zero-order valence-electron chi connectivity index (χ0n) is 11.8. The Hall–Kier alpha value is -0.580. The van der Waals surface area contributed by atoms with Crippen LogP contribution in [0.1, 0.15) is 24.0 Å². The number of hydrogen-bond acceptors (Lipinski definition) is 3. The third-order valence-electron chi connectivity index (χ3n) is 3.97. The Morgan fingerprint density at radius 3 is 2.63 bits per heavy atom. The van der Waals surface area contributed by atoms with Crippen LogP contribution in [0.15, 0.2) is 16.6 Å². The van der Waals surface area contributed by atoms with Crippen LogP contribution < -0.4 is 10.5 Å². The highest BCUT2D eigenvalue weighted by molar-refractivity contribution is 9.10. The van der Waals surface area contributed by atoms with E-state index in [1.54, 1.807) is 0 Å². The summed E-state index contributed by atoms with van der Waals surface area (Å²) in [5, 5.41) is 0. The third kappa shape index (κ3) is 3.94. The fraction of sp³-hybridized carbons (Fsp3) is 0.600. The molecule has 1 aliphatic rings. The Bertz CT molecular complexity index is 428. The van der Waals surface area contributed by atoms with Crippen LogP contribution >= 0.6 is 15.9 Å². The van der Waals surface area contributed by atoms with Crippen molar-refractivity contribution in [2.45, 2.75) is 32.7 Å². The summed E-state index contributed by atoms with van der Waals surface area (Å²) in [6.45, 7) is 8.15. The molecule has 0 bridgehead atoms. The van der Waals surface area contributed by atoms with Crippen molar-refractivity contribution in [3.05, 3.63) is 27.7 Å². The minimum absolute atomic E-state index is 0.397. The Kier molecular flexibility index (Phi) is 5.25. The molecule has 19 heavy (non-hydrogen) atoms. The molecular formula is C15H23BrN2O. The summed E-state index contributed by atoms with van der Waals surface area (Å²) < 4.78 is 7.05. The van der Waals surface area contributed by atoms with Crippen molar-refractivity contribution in [1.82, 2.24) is 4.90 Å². The summed E-state index contributed by atoms with van der Waals surface area (Å²) in [4.78, 5) is 2.43. The van der Waals surface area contributed by atoms with Gasteiger partial charge in [0, 0.05) is 17.1 Å². The number of rotatable bonds is 4. The molecule has 1 aliphatic heterocycles. The van der Waals surface area contributed by atoms with Crippen LogP contribution in [0, 0.1) is 13.8 Å². The zero-order chi connectivity index (χ0) is 13.8. The number of ether oxygens (including phenoxy) is 1. The second kappa shape index (κ2) is 6.73. The van der Waals surface area contributed by atoms with Crippen molar-refractivity contribution in [3.63, 3.8) is 0 Å². The molecular weight excluding hydrogens is 304 g/mol. The van der Waals surface area contributed by atoms with E-state index in [4.69, 9.17) is 10.5 Å². The number of nitrogens with zero attached hydrogens (tertiary/aromatic N) is 1. The van der Waals surface area contributed by atoms with Crippen LogP contribution in [0.4, 0.5) is 0 Å². The fourth-order valence-corrected chi connectivity index (χ4v) is 2.81. The van der Waals surface area contributed by atoms with Gasteiger partial charge in [-0.2, -0.15) is 0 Å². The van der Waals surface area contributed by atoms with E-state index >= 15 is 0 Å². The van der Waals surface area contributed by atoms with Gasteiger partial charge in [0.1, 0.15) is 12.4 Å². The number of halogens is 1. The first-order valence-electron chi connectivity index (χ1n) is 6.94. The lowest BCUT2D eigenvalue weighted by Gasteiger charge is -2.29. The lowest BCUT2D eigenvalue weighted by Crippen LogP contribution is -2.41. The smallest absolute Gasteiger partial charge is 0.122 e. The molecule has 1 aromatic rings. The zero-order valence-corrected chi connectivity index (χ0v) is 13.4. The van der Waals surface area contributed by atoms with E-state index in [9.17, 15) is 0 Å². The molecule has 1 fully saturated rings. The third-order valence-corrected chi connectivity index (χ3v) is 4.83. The molecule has 2 N–H and O–H groups in total. The normalized spacial score (nSPS) is 17.7. The SMILES string of the molecule is Cc1c(Br)ccc(OCCN2CCC(N)CC2)c1C. The Labute approximate surface area is 124 Å². The summed E-state index contributed by atoms with van der Waals surface area (Å²) in [5.41, 5.74) is 8.37. The molecule has 0 radical (unpaired) electrons. The first kappa shape index (κ1) is 14.8. The van der Waals surface area contributed by atoms with Gasteiger partial charge in [-0.1, -0.05) is 15.9 Å². The summed E-state index contributed by atoms with van der Waals surface area (Å²) in [6, 6.07) is 4.49. The minimum atomic E-state index is 0.397. The standard InChI is InChI=1S/C15H23BrN2O/c1-11-12(2)15(4-3-14(11)16)19-10-9-18-7-5-13(17)6-8-18/h3-4,13H,5-10,17H2,1-2H3. The van der Waals surface area contributed by atoms with Crippen molar-refractivity contribution >= 4 is 15.9 Å². The average molecular weight is 327 g/mol. The van der Waals surface area contributed by atoms with Crippen LogP contribution in [0.25, 0.3) is 0 Å². The monoisotopic (exact) mass is 326 g/mol. The summed E-state index contributed by atoms with van der Waals surface area (Å²) >= 11 is 3.54. The molecule has 0 amide bonds. The lowest BCUT2D eigenvalue weighted by molar-refractivity contribution is 0.173. The van der Waals surface area contributed by atoms with Gasteiger partial charge >= 0.3 is 0 Å². The molecule has 0 aromatic heterocycles. The van der Waals surface area contributed by atoms with E-state index in [0.717, 1.165) is 49.3 Å². The van der Waals surface area contributed by atoms with Gasteiger partial charge in [0.15, 0.2) is 0 Å². The molecule has 1 aromatic carbocycles. The van der Waals surface area contributed by atoms with Gasteiger partial charge in [-0.25, -0.2) is 0 Å². The second-order valence-corrected chi connectivity index (χ2v) is 6.18. The van der Waals surface area contributed by atoms with Gasteiger partial charge in [-0.15, -0.1) is 0 Å². The molecule has 1 heterocycles. The van der Waals surface area contributed by atoms with Crippen LogP contribution in [0.2, 0.25) is 0 Å². The highest BCUT2D eigenvalue weighted by Crippen LogP contribution is 2.27. The van der Waals surface area contributed by atoms with Crippen LogP contribution in [-0.4, -0.2) is 37.2 Å². The number of hydrogen-bond donors (Lipinski definition) is 1. The summed E-state index contributed by atoms with van der Waals surface area (Å²) in [5.74, 6) is 0.995. The van der Waals surface area contributed by atoms with Crippen LogP contribution in [0.3, 0.4) is 0 Å². The van der Waals surface area contributed by atoms with Crippen LogP contribution in [0.5, 0.6) is 5.75 Å². The average Bonchev–Trinajstić information content (AvgIpc) is 2.41. The van der Waals surface area contributed by atoms with E-state index in [2.05, 4.69) is 40.7 Å². The Balaban J connectivity index is 1.81. The molecule has 0 unspecified atom stereocenters. The predicted molar refractivity (Wildman–Crippen MR) is 82.8 cm³/mol. The molecule has 3 nitrogen and oxygen atoms in total. The highest BCUT2D eigenvalue weighted by Gasteiger charge is 2.15. The molecule has 0 aliphatic carbocycles. The number of likely N-dealkylation sites (tertiary alicyclic amines) is 1.